The van der Waals surface area contributed by atoms with Crippen molar-refractivity contribution in [1.82, 2.24) is 9.55 Å². The van der Waals surface area contributed by atoms with Crippen LogP contribution in [-0.4, -0.2) is 15.4 Å². The lowest BCUT2D eigenvalue weighted by Crippen LogP contribution is -2.16. The van der Waals surface area contributed by atoms with Gasteiger partial charge in [-0.3, -0.25) is 0 Å². The van der Waals surface area contributed by atoms with Gasteiger partial charge in [0.2, 0.25) is 0 Å². The molecule has 2 aromatic rings. The summed E-state index contributed by atoms with van der Waals surface area (Å²) in [6, 6.07) is 8.01. The Morgan fingerprint density at radius 1 is 1.38 bits per heavy atom. The molecule has 2 fully saturated rings. The zero-order valence-electron chi connectivity index (χ0n) is 12.0. The van der Waals surface area contributed by atoms with E-state index in [4.69, 9.17) is 21.8 Å². The average Bonchev–Trinajstić information content (AvgIpc) is 3.38. The maximum atomic E-state index is 9.14. The van der Waals surface area contributed by atoms with E-state index in [0.29, 0.717) is 16.9 Å². The minimum atomic E-state index is 0.511. The monoisotopic (exact) mass is 299 g/mol. The van der Waals surface area contributed by atoms with E-state index in [1.807, 2.05) is 18.2 Å². The summed E-state index contributed by atoms with van der Waals surface area (Å²) >= 11 is 5.95. The van der Waals surface area contributed by atoms with Gasteiger partial charge in [-0.2, -0.15) is 5.26 Å². The van der Waals surface area contributed by atoms with Crippen LogP contribution in [0.25, 0.3) is 11.0 Å². The molecule has 2 aliphatic rings. The van der Waals surface area contributed by atoms with E-state index < -0.39 is 0 Å². The minimum absolute atomic E-state index is 0.511. The number of alkyl halides is 1. The number of benzene rings is 1. The number of fused-ring (bicyclic) bond motifs is 1. The van der Waals surface area contributed by atoms with Gasteiger partial charge in [-0.25, -0.2) is 4.98 Å². The zero-order valence-corrected chi connectivity index (χ0v) is 12.7. The Hall–Kier alpha value is -1.53. The molecule has 4 rings (SSSR count). The molecule has 0 aliphatic heterocycles. The van der Waals surface area contributed by atoms with E-state index in [1.54, 1.807) is 0 Å². The molecule has 108 valence electrons. The highest BCUT2D eigenvalue weighted by atomic mass is 35.5. The van der Waals surface area contributed by atoms with Crippen LogP contribution in [0.4, 0.5) is 0 Å². The maximum absolute atomic E-state index is 9.14. The number of hydrogen-bond donors (Lipinski definition) is 0. The average molecular weight is 300 g/mol. The predicted molar refractivity (Wildman–Crippen MR) is 83.3 cm³/mol. The highest BCUT2D eigenvalue weighted by Crippen LogP contribution is 2.62. The van der Waals surface area contributed by atoms with E-state index in [-0.39, 0.29) is 0 Å². The Bertz CT molecular complexity index is 732. The van der Waals surface area contributed by atoms with Crippen molar-refractivity contribution in [3.05, 3.63) is 29.6 Å². The summed E-state index contributed by atoms with van der Waals surface area (Å²) in [5, 5.41) is 9.14. The van der Waals surface area contributed by atoms with Crippen LogP contribution in [-0.2, 0) is 13.0 Å². The Labute approximate surface area is 129 Å². The Morgan fingerprint density at radius 3 is 2.81 bits per heavy atom. The molecule has 0 unspecified atom stereocenters. The Morgan fingerprint density at radius 2 is 2.19 bits per heavy atom. The minimum Gasteiger partial charge on any atom is -0.327 e. The van der Waals surface area contributed by atoms with Crippen molar-refractivity contribution in [3.63, 3.8) is 0 Å². The number of nitriles is 1. The Kier molecular flexibility index (Phi) is 2.97. The summed E-state index contributed by atoms with van der Waals surface area (Å²) < 4.78 is 2.34. The third-order valence-electron chi connectivity index (χ3n) is 5.08. The van der Waals surface area contributed by atoms with Crippen molar-refractivity contribution in [1.29, 1.82) is 5.26 Å². The molecule has 1 heterocycles. The van der Waals surface area contributed by atoms with E-state index in [9.17, 15) is 0 Å². The predicted octanol–water partition coefficient (Wildman–Crippen LogP) is 3.88. The Balaban J connectivity index is 1.79. The van der Waals surface area contributed by atoms with Crippen LogP contribution in [0.5, 0.6) is 0 Å². The SMILES string of the molecule is N#Cc1ccc2nc(CCCl)n(CC3(C4CC4)CC3)c2c1. The first-order valence-electron chi connectivity index (χ1n) is 7.71. The quantitative estimate of drug-likeness (QED) is 0.786. The number of halogens is 1. The van der Waals surface area contributed by atoms with Crippen molar-refractivity contribution in [3.8, 4) is 6.07 Å². The van der Waals surface area contributed by atoms with Crippen LogP contribution in [0.2, 0.25) is 0 Å². The van der Waals surface area contributed by atoms with E-state index in [0.717, 1.165) is 35.7 Å². The number of nitrogens with zero attached hydrogens (tertiary/aromatic N) is 3. The van der Waals surface area contributed by atoms with Gasteiger partial charge in [0, 0.05) is 18.8 Å². The molecule has 21 heavy (non-hydrogen) atoms. The molecule has 0 N–H and O–H groups in total. The fourth-order valence-electron chi connectivity index (χ4n) is 3.56. The van der Waals surface area contributed by atoms with Crippen molar-refractivity contribution >= 4 is 22.6 Å². The van der Waals surface area contributed by atoms with E-state index in [1.165, 1.54) is 25.7 Å². The van der Waals surface area contributed by atoms with Crippen molar-refractivity contribution in [2.45, 2.75) is 38.6 Å². The van der Waals surface area contributed by atoms with Gasteiger partial charge in [0.1, 0.15) is 5.82 Å². The van der Waals surface area contributed by atoms with Gasteiger partial charge in [-0.05, 0) is 55.2 Å². The van der Waals surface area contributed by atoms with Crippen molar-refractivity contribution < 1.29 is 0 Å². The van der Waals surface area contributed by atoms with Gasteiger partial charge >= 0.3 is 0 Å². The summed E-state index contributed by atoms with van der Waals surface area (Å²) in [6.45, 7) is 1.05. The summed E-state index contributed by atoms with van der Waals surface area (Å²) in [5.74, 6) is 2.57. The van der Waals surface area contributed by atoms with Crippen LogP contribution >= 0.6 is 11.6 Å². The van der Waals surface area contributed by atoms with Gasteiger partial charge in [0.15, 0.2) is 0 Å². The molecule has 1 aromatic heterocycles. The summed E-state index contributed by atoms with van der Waals surface area (Å²) in [7, 11) is 0. The van der Waals surface area contributed by atoms with Crippen LogP contribution < -0.4 is 0 Å². The fourth-order valence-corrected chi connectivity index (χ4v) is 3.73. The molecule has 0 saturated heterocycles. The van der Waals surface area contributed by atoms with Crippen LogP contribution in [0.1, 0.15) is 37.1 Å². The molecule has 0 atom stereocenters. The van der Waals surface area contributed by atoms with Crippen LogP contribution in [0.15, 0.2) is 18.2 Å². The molecule has 2 aliphatic carbocycles. The third kappa shape index (κ3) is 2.22. The second-order valence-corrected chi connectivity index (χ2v) is 6.88. The van der Waals surface area contributed by atoms with Gasteiger partial charge in [0.05, 0.1) is 22.7 Å². The number of aromatic nitrogens is 2. The molecule has 0 amide bonds. The molecular weight excluding hydrogens is 282 g/mol. The summed E-state index contributed by atoms with van der Waals surface area (Å²) in [4.78, 5) is 4.74. The largest absolute Gasteiger partial charge is 0.327 e. The highest BCUT2D eigenvalue weighted by Gasteiger charge is 2.54. The summed E-state index contributed by atoms with van der Waals surface area (Å²) in [5.41, 5.74) is 3.30. The van der Waals surface area contributed by atoms with E-state index >= 15 is 0 Å². The highest BCUT2D eigenvalue weighted by molar-refractivity contribution is 6.17. The van der Waals surface area contributed by atoms with E-state index in [2.05, 4.69) is 10.6 Å². The standard InChI is InChI=1S/C17H18ClN3/c18-8-5-16-20-14-4-1-12(10-19)9-15(14)21(16)11-17(6-7-17)13-2-3-13/h1,4,9,13H,2-3,5-8,11H2. The van der Waals surface area contributed by atoms with Crippen molar-refractivity contribution in [2.24, 2.45) is 11.3 Å². The first kappa shape index (κ1) is 13.2. The van der Waals surface area contributed by atoms with Crippen LogP contribution in [0.3, 0.4) is 0 Å². The topological polar surface area (TPSA) is 41.6 Å². The van der Waals surface area contributed by atoms with Gasteiger partial charge in [-0.15, -0.1) is 11.6 Å². The molecule has 1 aromatic carbocycles. The smallest absolute Gasteiger partial charge is 0.111 e. The maximum Gasteiger partial charge on any atom is 0.111 e. The molecule has 2 saturated carbocycles. The molecule has 0 radical (unpaired) electrons. The third-order valence-corrected chi connectivity index (χ3v) is 5.27. The van der Waals surface area contributed by atoms with Gasteiger partial charge < -0.3 is 4.57 Å². The number of rotatable bonds is 5. The molecule has 0 bridgehead atoms. The number of hydrogen-bond acceptors (Lipinski definition) is 2. The van der Waals surface area contributed by atoms with Crippen molar-refractivity contribution in [2.75, 3.05) is 5.88 Å². The lowest BCUT2D eigenvalue weighted by molar-refractivity contribution is 0.369. The molecule has 0 spiro atoms. The second-order valence-electron chi connectivity index (χ2n) is 6.51. The lowest BCUT2D eigenvalue weighted by atomic mass is 10.0. The second kappa shape index (κ2) is 4.74. The normalized spacial score (nSPS) is 19.6. The number of aryl methyl sites for hydroxylation is 1. The zero-order chi connectivity index (χ0) is 14.4. The van der Waals surface area contributed by atoms with Gasteiger partial charge in [0.25, 0.3) is 0 Å². The summed E-state index contributed by atoms with van der Waals surface area (Å²) in [6.07, 6.45) is 6.26. The first-order valence-corrected chi connectivity index (χ1v) is 8.24. The van der Waals surface area contributed by atoms with Crippen LogP contribution in [0, 0.1) is 22.7 Å². The fraction of sp³-hybridized carbons (Fsp3) is 0.529. The van der Waals surface area contributed by atoms with Gasteiger partial charge in [-0.1, -0.05) is 0 Å². The lowest BCUT2D eigenvalue weighted by Gasteiger charge is -2.17. The molecular formula is C17H18ClN3. The molecule has 3 nitrogen and oxygen atoms in total. The number of imidazole rings is 1. The molecule has 4 heteroatoms. The first-order chi connectivity index (χ1) is 10.3.